The van der Waals surface area contributed by atoms with Gasteiger partial charge in [-0.1, -0.05) is 23.1 Å². The predicted octanol–water partition coefficient (Wildman–Crippen LogP) is 3.80. The van der Waals surface area contributed by atoms with Gasteiger partial charge >= 0.3 is 0 Å². The first kappa shape index (κ1) is 17.9. The minimum atomic E-state index is -0.372. The van der Waals surface area contributed by atoms with E-state index in [4.69, 9.17) is 4.84 Å². The summed E-state index contributed by atoms with van der Waals surface area (Å²) in [6.45, 7) is 0.549. The van der Waals surface area contributed by atoms with Gasteiger partial charge in [-0.15, -0.1) is 0 Å². The summed E-state index contributed by atoms with van der Waals surface area (Å²) in [5, 5.41) is 4.19. The van der Waals surface area contributed by atoms with Crippen LogP contribution in [-0.2, 0) is 18.0 Å². The summed E-state index contributed by atoms with van der Waals surface area (Å²) in [5.41, 5.74) is 2.27. The minimum absolute atomic E-state index is 0.209. The van der Waals surface area contributed by atoms with Gasteiger partial charge in [-0.2, -0.15) is 0 Å². The Morgan fingerprint density at radius 2 is 2.18 bits per heavy atom. The average Bonchev–Trinajstić information content (AvgIpc) is 3.41. The van der Waals surface area contributed by atoms with Crippen molar-refractivity contribution in [1.82, 2.24) is 14.5 Å². The molecule has 1 aliphatic carbocycles. The summed E-state index contributed by atoms with van der Waals surface area (Å²) in [6, 6.07) is 10.5. The van der Waals surface area contributed by atoms with Crippen LogP contribution in [0.3, 0.4) is 0 Å². The third-order valence-corrected chi connectivity index (χ3v) is 4.28. The second-order valence-corrected chi connectivity index (χ2v) is 6.61. The molecule has 0 saturated heterocycles. The fraction of sp³-hybridized carbons (Fsp3) is 0.227. The second-order valence-electron chi connectivity index (χ2n) is 6.61. The molecule has 1 aromatic carbocycles. The topological polar surface area (TPSA) is 52.3 Å². The van der Waals surface area contributed by atoms with Crippen molar-refractivity contribution in [3.05, 3.63) is 84.0 Å². The number of hydrogen-bond donors (Lipinski definition) is 0. The molecule has 140 valence electrons. The minimum Gasteiger partial charge on any atom is -0.389 e. The van der Waals surface area contributed by atoms with Gasteiger partial charge in [0.2, 0.25) is 0 Å². The number of imidazole rings is 1. The number of nitrogens with zero attached hydrogens (tertiary/aromatic N) is 4. The highest BCUT2D eigenvalue weighted by atomic mass is 19.1. The van der Waals surface area contributed by atoms with Gasteiger partial charge in [-0.05, 0) is 43.2 Å². The molecule has 5 nitrogen and oxygen atoms in total. The van der Waals surface area contributed by atoms with E-state index in [9.17, 15) is 4.39 Å². The number of hydrogen-bond acceptors (Lipinski definition) is 4. The molecular weight excluding hydrogens is 355 g/mol. The van der Waals surface area contributed by atoms with E-state index in [0.29, 0.717) is 29.3 Å². The maximum Gasteiger partial charge on any atom is 0.159 e. The summed E-state index contributed by atoms with van der Waals surface area (Å²) in [5.74, 6) is 6.29. The van der Waals surface area contributed by atoms with E-state index in [0.717, 1.165) is 18.5 Å². The smallest absolute Gasteiger partial charge is 0.159 e. The molecular formula is C22H19FN4O. The van der Waals surface area contributed by atoms with Gasteiger partial charge < -0.3 is 9.40 Å². The van der Waals surface area contributed by atoms with Crippen LogP contribution in [0, 0.1) is 23.6 Å². The summed E-state index contributed by atoms with van der Waals surface area (Å²) in [7, 11) is 0. The Labute approximate surface area is 162 Å². The fourth-order valence-electron chi connectivity index (χ4n) is 2.62. The van der Waals surface area contributed by atoms with Crippen molar-refractivity contribution in [2.75, 3.05) is 0 Å². The molecule has 1 saturated carbocycles. The number of oxime groups is 1. The first-order chi connectivity index (χ1) is 13.8. The van der Waals surface area contributed by atoms with Crippen molar-refractivity contribution in [2.45, 2.75) is 26.0 Å². The van der Waals surface area contributed by atoms with Crippen LogP contribution in [-0.4, -0.2) is 20.2 Å². The lowest BCUT2D eigenvalue weighted by molar-refractivity contribution is 0.127. The molecule has 0 radical (unpaired) electrons. The molecule has 2 heterocycles. The van der Waals surface area contributed by atoms with Crippen molar-refractivity contribution >= 4 is 5.71 Å². The van der Waals surface area contributed by atoms with E-state index < -0.39 is 0 Å². The number of rotatable bonds is 6. The summed E-state index contributed by atoms with van der Waals surface area (Å²) < 4.78 is 16.6. The van der Waals surface area contributed by atoms with Crippen molar-refractivity contribution in [3.63, 3.8) is 0 Å². The van der Waals surface area contributed by atoms with Crippen LogP contribution in [0.25, 0.3) is 0 Å². The zero-order chi connectivity index (χ0) is 19.2. The van der Waals surface area contributed by atoms with E-state index in [1.807, 2.05) is 28.8 Å². The van der Waals surface area contributed by atoms with Gasteiger partial charge in [-0.3, -0.25) is 4.98 Å². The van der Waals surface area contributed by atoms with Crippen LogP contribution >= 0.6 is 0 Å². The van der Waals surface area contributed by atoms with Crippen molar-refractivity contribution in [3.8, 4) is 11.8 Å². The highest BCUT2D eigenvalue weighted by Crippen LogP contribution is 2.27. The van der Waals surface area contributed by atoms with Gasteiger partial charge in [0.05, 0.1) is 18.6 Å². The fourth-order valence-corrected chi connectivity index (χ4v) is 2.62. The Bertz CT molecular complexity index is 1020. The Balaban J connectivity index is 1.55. The molecule has 0 spiro atoms. The predicted molar refractivity (Wildman–Crippen MR) is 104 cm³/mol. The van der Waals surface area contributed by atoms with Crippen LogP contribution in [0.4, 0.5) is 4.39 Å². The van der Waals surface area contributed by atoms with Crippen LogP contribution < -0.4 is 0 Å². The SMILES string of the molecule is Fc1cc(C#CC2CC2)ccc1/C(Cn1ccnc1)=N/OCc1ccccn1. The number of aromatic nitrogens is 3. The third kappa shape index (κ3) is 4.83. The first-order valence-electron chi connectivity index (χ1n) is 9.14. The van der Waals surface area contributed by atoms with Crippen LogP contribution in [0.1, 0.15) is 29.7 Å². The molecule has 3 aromatic rings. The Morgan fingerprint density at radius 1 is 1.25 bits per heavy atom. The zero-order valence-corrected chi connectivity index (χ0v) is 15.3. The molecule has 0 aliphatic heterocycles. The van der Waals surface area contributed by atoms with E-state index in [-0.39, 0.29) is 12.4 Å². The van der Waals surface area contributed by atoms with E-state index >= 15 is 0 Å². The number of halogens is 1. The normalized spacial score (nSPS) is 13.7. The molecule has 0 amide bonds. The molecule has 0 unspecified atom stereocenters. The quantitative estimate of drug-likeness (QED) is 0.375. The Hall–Kier alpha value is -3.46. The number of pyridine rings is 1. The van der Waals surface area contributed by atoms with Crippen LogP contribution in [0.15, 0.2) is 66.5 Å². The third-order valence-electron chi connectivity index (χ3n) is 4.28. The van der Waals surface area contributed by atoms with E-state index in [1.165, 1.54) is 6.07 Å². The van der Waals surface area contributed by atoms with Gasteiger partial charge in [0, 0.05) is 35.6 Å². The molecule has 2 aromatic heterocycles. The molecule has 0 atom stereocenters. The first-order valence-corrected chi connectivity index (χ1v) is 9.14. The summed E-state index contributed by atoms with van der Waals surface area (Å²) in [4.78, 5) is 13.7. The average molecular weight is 374 g/mol. The number of benzene rings is 1. The zero-order valence-electron chi connectivity index (χ0n) is 15.3. The van der Waals surface area contributed by atoms with Crippen molar-refractivity contribution in [2.24, 2.45) is 11.1 Å². The lowest BCUT2D eigenvalue weighted by Crippen LogP contribution is -2.13. The van der Waals surface area contributed by atoms with E-state index in [2.05, 4.69) is 27.0 Å². The highest BCUT2D eigenvalue weighted by Gasteiger charge is 2.18. The van der Waals surface area contributed by atoms with Crippen LogP contribution in [0.2, 0.25) is 0 Å². The summed E-state index contributed by atoms with van der Waals surface area (Å²) in [6.07, 6.45) is 9.09. The Kier molecular flexibility index (Phi) is 5.43. The molecule has 28 heavy (non-hydrogen) atoms. The summed E-state index contributed by atoms with van der Waals surface area (Å²) >= 11 is 0. The van der Waals surface area contributed by atoms with Crippen molar-refractivity contribution < 1.29 is 9.23 Å². The second kappa shape index (κ2) is 8.49. The van der Waals surface area contributed by atoms with E-state index in [1.54, 1.807) is 31.0 Å². The molecule has 0 bridgehead atoms. The largest absolute Gasteiger partial charge is 0.389 e. The van der Waals surface area contributed by atoms with Gasteiger partial charge in [0.15, 0.2) is 6.61 Å². The molecule has 0 N–H and O–H groups in total. The van der Waals surface area contributed by atoms with Gasteiger partial charge in [0.1, 0.15) is 11.5 Å². The lowest BCUT2D eigenvalue weighted by atomic mass is 10.1. The molecule has 6 heteroatoms. The maximum atomic E-state index is 14.8. The van der Waals surface area contributed by atoms with Crippen molar-refractivity contribution in [1.29, 1.82) is 0 Å². The highest BCUT2D eigenvalue weighted by molar-refractivity contribution is 6.00. The maximum absolute atomic E-state index is 14.8. The molecule has 4 rings (SSSR count). The van der Waals surface area contributed by atoms with Gasteiger partial charge in [-0.25, -0.2) is 9.37 Å². The van der Waals surface area contributed by atoms with Gasteiger partial charge in [0.25, 0.3) is 0 Å². The monoisotopic (exact) mass is 374 g/mol. The Morgan fingerprint density at radius 3 is 2.89 bits per heavy atom. The molecule has 1 fully saturated rings. The standard InChI is InChI=1S/C22H19FN4O/c23-21-13-18(7-6-17-4-5-17)8-9-20(21)22(14-27-12-11-24-16-27)26-28-15-19-3-1-2-10-25-19/h1-3,8-13,16-17H,4-5,14-15H2/b26-22+. The van der Waals surface area contributed by atoms with Crippen LogP contribution in [0.5, 0.6) is 0 Å². The molecule has 1 aliphatic rings. The lowest BCUT2D eigenvalue weighted by Gasteiger charge is -2.09.